The topological polar surface area (TPSA) is 50.9 Å². The van der Waals surface area contributed by atoms with Crippen molar-refractivity contribution < 1.29 is 0 Å². The van der Waals surface area contributed by atoms with Gasteiger partial charge in [-0.2, -0.15) is 0 Å². The fraction of sp³-hybridized carbons (Fsp3) is 0.571. The lowest BCUT2D eigenvalue weighted by Gasteiger charge is -2.32. The van der Waals surface area contributed by atoms with E-state index in [1.165, 1.54) is 32.1 Å². The van der Waals surface area contributed by atoms with Gasteiger partial charge in [0.2, 0.25) is 0 Å². The number of thiocarbonyl (C=S) groups is 1. The minimum Gasteiger partial charge on any atom is -0.389 e. The van der Waals surface area contributed by atoms with Crippen molar-refractivity contribution in [3.8, 4) is 0 Å². The zero-order chi connectivity index (χ0) is 13.0. The number of nitrogens with one attached hydrogen (secondary N) is 1. The molecule has 3 nitrogen and oxygen atoms in total. The molecule has 1 aromatic rings. The van der Waals surface area contributed by atoms with Gasteiger partial charge in [-0.05, 0) is 30.9 Å². The predicted molar refractivity (Wildman–Crippen MR) is 79.8 cm³/mol. The van der Waals surface area contributed by atoms with E-state index in [4.69, 9.17) is 18.0 Å². The van der Waals surface area contributed by atoms with Crippen molar-refractivity contribution in [3.05, 3.63) is 23.9 Å². The van der Waals surface area contributed by atoms with E-state index in [9.17, 15) is 0 Å². The second-order valence-corrected chi connectivity index (χ2v) is 5.44. The lowest BCUT2D eigenvalue weighted by Crippen LogP contribution is -2.32. The van der Waals surface area contributed by atoms with Crippen molar-refractivity contribution in [3.63, 3.8) is 0 Å². The average Bonchev–Trinajstić information content (AvgIpc) is 2.39. The minimum absolute atomic E-state index is 0.427. The van der Waals surface area contributed by atoms with E-state index in [0.29, 0.717) is 11.0 Å². The fourth-order valence-corrected chi connectivity index (χ4v) is 2.87. The first-order valence-electron chi connectivity index (χ1n) is 6.73. The molecule has 2 unspecified atom stereocenters. The van der Waals surface area contributed by atoms with Crippen molar-refractivity contribution in [1.82, 2.24) is 4.98 Å². The third-order valence-corrected chi connectivity index (χ3v) is 4.05. The summed E-state index contributed by atoms with van der Waals surface area (Å²) in [5.74, 6) is 1.65. The molecule has 1 aliphatic rings. The van der Waals surface area contributed by atoms with Crippen LogP contribution in [0.4, 0.5) is 5.82 Å². The molecule has 0 amide bonds. The molecule has 0 bridgehead atoms. The maximum atomic E-state index is 5.65. The Kier molecular flexibility index (Phi) is 4.53. The van der Waals surface area contributed by atoms with Crippen molar-refractivity contribution in [2.24, 2.45) is 11.7 Å². The summed E-state index contributed by atoms with van der Waals surface area (Å²) < 4.78 is 0. The summed E-state index contributed by atoms with van der Waals surface area (Å²) in [5.41, 5.74) is 6.53. The highest BCUT2D eigenvalue weighted by atomic mass is 32.1. The largest absolute Gasteiger partial charge is 0.389 e. The summed E-state index contributed by atoms with van der Waals surface area (Å²) in [7, 11) is 0. The molecule has 0 aromatic carbocycles. The van der Waals surface area contributed by atoms with Gasteiger partial charge in [0, 0.05) is 17.8 Å². The van der Waals surface area contributed by atoms with Gasteiger partial charge in [0.1, 0.15) is 10.8 Å². The average molecular weight is 263 g/mol. The number of pyridine rings is 1. The second-order valence-electron chi connectivity index (χ2n) is 5.00. The normalized spacial score (nSPS) is 23.6. The highest BCUT2D eigenvalue weighted by Crippen LogP contribution is 2.29. The zero-order valence-corrected chi connectivity index (χ0v) is 11.7. The summed E-state index contributed by atoms with van der Waals surface area (Å²) in [4.78, 5) is 4.79. The number of rotatable bonds is 4. The number of aromatic nitrogens is 1. The molecule has 1 heterocycles. The van der Waals surface area contributed by atoms with Crippen molar-refractivity contribution >= 4 is 23.0 Å². The maximum absolute atomic E-state index is 5.65. The fourth-order valence-electron chi connectivity index (χ4n) is 2.74. The van der Waals surface area contributed by atoms with Crippen molar-refractivity contribution in [1.29, 1.82) is 0 Å². The molecule has 18 heavy (non-hydrogen) atoms. The molecule has 2 rings (SSSR count). The molecule has 0 saturated heterocycles. The highest BCUT2D eigenvalue weighted by molar-refractivity contribution is 7.80. The SMILES string of the molecule is CCC1CCCCC1Nc1cc(C(N)=S)ccn1. The third kappa shape index (κ3) is 3.19. The van der Waals surface area contributed by atoms with Crippen molar-refractivity contribution in [2.45, 2.75) is 45.1 Å². The number of nitrogens with two attached hydrogens (primary N) is 1. The Morgan fingerprint density at radius 3 is 3.00 bits per heavy atom. The Balaban J connectivity index is 2.07. The standard InChI is InChI=1S/C14H21N3S/c1-2-10-5-3-4-6-12(10)17-13-9-11(14(15)18)7-8-16-13/h7-10,12H,2-6H2,1H3,(H2,15,18)(H,16,17). The summed E-state index contributed by atoms with van der Waals surface area (Å²) in [6.45, 7) is 2.27. The van der Waals surface area contributed by atoms with Crippen LogP contribution in [-0.2, 0) is 0 Å². The van der Waals surface area contributed by atoms with E-state index < -0.39 is 0 Å². The molecule has 0 radical (unpaired) electrons. The lowest BCUT2D eigenvalue weighted by atomic mass is 9.83. The molecule has 1 aromatic heterocycles. The van der Waals surface area contributed by atoms with Crippen LogP contribution in [0.3, 0.4) is 0 Å². The molecule has 1 fully saturated rings. The summed E-state index contributed by atoms with van der Waals surface area (Å²) >= 11 is 4.99. The Hall–Kier alpha value is -1.16. The highest BCUT2D eigenvalue weighted by Gasteiger charge is 2.23. The van der Waals surface area contributed by atoms with E-state index in [-0.39, 0.29) is 0 Å². The van der Waals surface area contributed by atoms with Gasteiger partial charge >= 0.3 is 0 Å². The Morgan fingerprint density at radius 2 is 2.28 bits per heavy atom. The van der Waals surface area contributed by atoms with Crippen LogP contribution in [0.5, 0.6) is 0 Å². The molecular weight excluding hydrogens is 242 g/mol. The molecule has 3 N–H and O–H groups in total. The van der Waals surface area contributed by atoms with Gasteiger partial charge in [-0.15, -0.1) is 0 Å². The predicted octanol–water partition coefficient (Wildman–Crippen LogP) is 3.10. The van der Waals surface area contributed by atoms with Gasteiger partial charge in [-0.1, -0.05) is 38.4 Å². The third-order valence-electron chi connectivity index (χ3n) is 3.81. The monoisotopic (exact) mass is 263 g/mol. The summed E-state index contributed by atoms with van der Waals surface area (Å²) in [6, 6.07) is 4.34. The van der Waals surface area contributed by atoms with Crippen LogP contribution in [0.25, 0.3) is 0 Å². The molecule has 1 saturated carbocycles. The Morgan fingerprint density at radius 1 is 1.50 bits per heavy atom. The van der Waals surface area contributed by atoms with E-state index in [1.807, 2.05) is 12.1 Å². The smallest absolute Gasteiger partial charge is 0.126 e. The first kappa shape index (κ1) is 13.3. The van der Waals surface area contributed by atoms with Crippen LogP contribution in [-0.4, -0.2) is 16.0 Å². The van der Waals surface area contributed by atoms with Crippen LogP contribution in [0.15, 0.2) is 18.3 Å². The van der Waals surface area contributed by atoms with Crippen LogP contribution >= 0.6 is 12.2 Å². The van der Waals surface area contributed by atoms with Crippen LogP contribution < -0.4 is 11.1 Å². The summed E-state index contributed by atoms with van der Waals surface area (Å²) in [6.07, 6.45) is 8.22. The summed E-state index contributed by atoms with van der Waals surface area (Å²) in [5, 5.41) is 3.55. The second kappa shape index (κ2) is 6.14. The Labute approximate surface area is 114 Å². The van der Waals surface area contributed by atoms with Gasteiger partial charge in [0.05, 0.1) is 0 Å². The van der Waals surface area contributed by atoms with Gasteiger partial charge in [0.25, 0.3) is 0 Å². The number of hydrogen-bond donors (Lipinski definition) is 2. The van der Waals surface area contributed by atoms with Crippen LogP contribution in [0.1, 0.15) is 44.6 Å². The minimum atomic E-state index is 0.427. The van der Waals surface area contributed by atoms with Crippen LogP contribution in [0, 0.1) is 5.92 Å². The lowest BCUT2D eigenvalue weighted by molar-refractivity contribution is 0.317. The van der Waals surface area contributed by atoms with E-state index in [1.54, 1.807) is 6.20 Å². The molecule has 2 atom stereocenters. The van der Waals surface area contributed by atoms with Gasteiger partial charge in [0.15, 0.2) is 0 Å². The first-order valence-corrected chi connectivity index (χ1v) is 7.14. The number of anilines is 1. The molecule has 0 aliphatic heterocycles. The quantitative estimate of drug-likeness (QED) is 0.820. The van der Waals surface area contributed by atoms with Gasteiger partial charge in [-0.3, -0.25) is 0 Å². The number of hydrogen-bond acceptors (Lipinski definition) is 3. The van der Waals surface area contributed by atoms with E-state index in [0.717, 1.165) is 17.3 Å². The van der Waals surface area contributed by atoms with Gasteiger partial charge in [-0.25, -0.2) is 4.98 Å². The van der Waals surface area contributed by atoms with E-state index in [2.05, 4.69) is 17.2 Å². The Bertz CT molecular complexity index is 419. The van der Waals surface area contributed by atoms with E-state index >= 15 is 0 Å². The zero-order valence-electron chi connectivity index (χ0n) is 10.9. The number of nitrogens with zero attached hydrogens (tertiary/aromatic N) is 1. The molecule has 4 heteroatoms. The maximum Gasteiger partial charge on any atom is 0.126 e. The molecule has 98 valence electrons. The molecule has 1 aliphatic carbocycles. The molecular formula is C14H21N3S. The molecule has 0 spiro atoms. The van der Waals surface area contributed by atoms with Crippen LogP contribution in [0.2, 0.25) is 0 Å². The van der Waals surface area contributed by atoms with Gasteiger partial charge < -0.3 is 11.1 Å². The van der Waals surface area contributed by atoms with Crippen molar-refractivity contribution in [2.75, 3.05) is 5.32 Å². The first-order chi connectivity index (χ1) is 8.70.